The van der Waals surface area contributed by atoms with Crippen LogP contribution in [0.2, 0.25) is 0 Å². The second kappa shape index (κ2) is 4.70. The molecule has 2 N–H and O–H groups in total. The van der Waals surface area contributed by atoms with E-state index >= 15 is 0 Å². The van der Waals surface area contributed by atoms with Crippen LogP contribution in [0, 0.1) is 10.8 Å². The van der Waals surface area contributed by atoms with Gasteiger partial charge < -0.3 is 5.73 Å². The Labute approximate surface area is 99.3 Å². The van der Waals surface area contributed by atoms with Gasteiger partial charge in [-0.15, -0.1) is 0 Å². The number of carbonyl (C=O) groups excluding carboxylic acids is 1. The summed E-state index contributed by atoms with van der Waals surface area (Å²) in [6.45, 7) is 9.42. The molecule has 1 aliphatic carbocycles. The Morgan fingerprint density at radius 1 is 1.38 bits per heavy atom. The highest BCUT2D eigenvalue weighted by molar-refractivity contribution is 5.98. The summed E-state index contributed by atoms with van der Waals surface area (Å²) in [6.07, 6.45) is 5.79. The molecular weight excluding hydrogens is 198 g/mol. The van der Waals surface area contributed by atoms with Crippen molar-refractivity contribution < 1.29 is 4.79 Å². The summed E-state index contributed by atoms with van der Waals surface area (Å²) in [4.78, 5) is 11.8. The Hall–Kier alpha value is -0.630. The maximum atomic E-state index is 11.8. The fourth-order valence-electron chi connectivity index (χ4n) is 2.75. The Morgan fingerprint density at radius 2 is 2.00 bits per heavy atom. The number of hydrogen-bond acceptors (Lipinski definition) is 2. The van der Waals surface area contributed by atoms with Gasteiger partial charge in [-0.3, -0.25) is 4.79 Å². The molecule has 0 spiro atoms. The van der Waals surface area contributed by atoms with E-state index in [-0.39, 0.29) is 10.8 Å². The van der Waals surface area contributed by atoms with E-state index in [1.54, 1.807) is 0 Å². The molecular formula is C14H25NO. The monoisotopic (exact) mass is 223 g/mol. The van der Waals surface area contributed by atoms with Gasteiger partial charge in [-0.2, -0.15) is 0 Å². The summed E-state index contributed by atoms with van der Waals surface area (Å²) in [5.41, 5.74) is 7.00. The molecule has 0 bridgehead atoms. The molecule has 0 aromatic carbocycles. The SMILES string of the molecule is CCC(C)(CN)CC(C)(C)C1=CCCC1=O. The van der Waals surface area contributed by atoms with Crippen LogP contribution in [0.15, 0.2) is 11.6 Å². The smallest absolute Gasteiger partial charge is 0.159 e. The Kier molecular flexibility index (Phi) is 3.95. The molecule has 0 aromatic rings. The summed E-state index contributed by atoms with van der Waals surface area (Å²) in [7, 11) is 0. The molecule has 2 heteroatoms. The van der Waals surface area contributed by atoms with Gasteiger partial charge >= 0.3 is 0 Å². The van der Waals surface area contributed by atoms with Gasteiger partial charge in [-0.25, -0.2) is 0 Å². The van der Waals surface area contributed by atoms with Crippen molar-refractivity contribution in [1.82, 2.24) is 0 Å². The fraction of sp³-hybridized carbons (Fsp3) is 0.786. The van der Waals surface area contributed by atoms with Crippen LogP contribution in [0.4, 0.5) is 0 Å². The third-order valence-electron chi connectivity index (χ3n) is 3.96. The van der Waals surface area contributed by atoms with E-state index in [1.807, 2.05) is 0 Å². The topological polar surface area (TPSA) is 43.1 Å². The van der Waals surface area contributed by atoms with Crippen molar-refractivity contribution in [3.8, 4) is 0 Å². The van der Waals surface area contributed by atoms with Gasteiger partial charge in [0, 0.05) is 6.42 Å². The van der Waals surface area contributed by atoms with Crippen molar-refractivity contribution in [3.05, 3.63) is 11.6 Å². The first-order valence-corrected chi connectivity index (χ1v) is 6.28. The highest BCUT2D eigenvalue weighted by Crippen LogP contribution is 2.42. The summed E-state index contributed by atoms with van der Waals surface area (Å²) >= 11 is 0. The Morgan fingerprint density at radius 3 is 2.38 bits per heavy atom. The second-order valence-electron chi connectivity index (χ2n) is 6.01. The van der Waals surface area contributed by atoms with E-state index < -0.39 is 0 Å². The predicted molar refractivity (Wildman–Crippen MR) is 68.2 cm³/mol. The maximum absolute atomic E-state index is 11.8. The predicted octanol–water partition coefficient (Wildman–Crippen LogP) is 3.07. The van der Waals surface area contributed by atoms with Crippen molar-refractivity contribution in [1.29, 1.82) is 0 Å². The molecule has 0 aromatic heterocycles. The standard InChI is InChI=1S/C14H25NO/c1-5-14(4,10-15)9-13(2,3)11-7-6-8-12(11)16/h7H,5-6,8-10,15H2,1-4H3. The van der Waals surface area contributed by atoms with Crippen molar-refractivity contribution in [2.24, 2.45) is 16.6 Å². The van der Waals surface area contributed by atoms with Crippen LogP contribution in [0.1, 0.15) is 53.4 Å². The average Bonchev–Trinajstić information content (AvgIpc) is 2.64. The number of rotatable bonds is 5. The van der Waals surface area contributed by atoms with Crippen LogP contribution in [0.5, 0.6) is 0 Å². The minimum Gasteiger partial charge on any atom is -0.330 e. The van der Waals surface area contributed by atoms with E-state index in [0.717, 1.165) is 24.8 Å². The van der Waals surface area contributed by atoms with Gasteiger partial charge in [-0.05, 0) is 42.2 Å². The van der Waals surface area contributed by atoms with E-state index in [0.29, 0.717) is 18.7 Å². The summed E-state index contributed by atoms with van der Waals surface area (Å²) in [5, 5.41) is 0. The van der Waals surface area contributed by atoms with E-state index in [2.05, 4.69) is 33.8 Å². The molecule has 0 radical (unpaired) electrons. The molecule has 0 aliphatic heterocycles. The molecule has 16 heavy (non-hydrogen) atoms. The van der Waals surface area contributed by atoms with Crippen LogP contribution >= 0.6 is 0 Å². The fourth-order valence-corrected chi connectivity index (χ4v) is 2.75. The second-order valence-corrected chi connectivity index (χ2v) is 6.01. The minimum absolute atomic E-state index is 0.0300. The first-order valence-electron chi connectivity index (χ1n) is 6.28. The van der Waals surface area contributed by atoms with E-state index in [1.165, 1.54) is 0 Å². The van der Waals surface area contributed by atoms with Crippen LogP contribution in [0.3, 0.4) is 0 Å². The van der Waals surface area contributed by atoms with Gasteiger partial charge in [0.25, 0.3) is 0 Å². The summed E-state index contributed by atoms with van der Waals surface area (Å²) in [5.74, 6) is 0.334. The van der Waals surface area contributed by atoms with Crippen molar-refractivity contribution in [3.63, 3.8) is 0 Å². The first-order chi connectivity index (χ1) is 7.34. The zero-order chi connectivity index (χ0) is 12.4. The number of allylic oxidation sites excluding steroid dienone is 2. The zero-order valence-corrected chi connectivity index (χ0v) is 11.1. The van der Waals surface area contributed by atoms with Gasteiger partial charge in [0.1, 0.15) is 0 Å². The number of Topliss-reactive ketones (excluding diaryl/α,β-unsaturated/α-hetero) is 1. The van der Waals surface area contributed by atoms with Gasteiger partial charge in [-0.1, -0.05) is 33.8 Å². The van der Waals surface area contributed by atoms with Gasteiger partial charge in [0.05, 0.1) is 0 Å². The third-order valence-corrected chi connectivity index (χ3v) is 3.96. The summed E-state index contributed by atoms with van der Waals surface area (Å²) < 4.78 is 0. The highest BCUT2D eigenvalue weighted by Gasteiger charge is 2.36. The molecule has 0 heterocycles. The Bertz CT molecular complexity index is 298. The van der Waals surface area contributed by atoms with Crippen LogP contribution in [-0.2, 0) is 4.79 Å². The molecule has 1 rings (SSSR count). The molecule has 92 valence electrons. The van der Waals surface area contributed by atoms with Crippen LogP contribution in [0.25, 0.3) is 0 Å². The number of carbonyl (C=O) groups is 1. The van der Waals surface area contributed by atoms with E-state index in [9.17, 15) is 4.79 Å². The lowest BCUT2D eigenvalue weighted by atomic mass is 9.69. The number of hydrogen-bond donors (Lipinski definition) is 1. The molecule has 1 atom stereocenters. The maximum Gasteiger partial charge on any atom is 0.159 e. The van der Waals surface area contributed by atoms with Crippen LogP contribution in [-0.4, -0.2) is 12.3 Å². The molecule has 0 saturated heterocycles. The highest BCUT2D eigenvalue weighted by atomic mass is 16.1. The molecule has 2 nitrogen and oxygen atoms in total. The molecule has 0 amide bonds. The molecule has 1 aliphatic rings. The Balaban J connectivity index is 2.82. The van der Waals surface area contributed by atoms with E-state index in [4.69, 9.17) is 5.73 Å². The largest absolute Gasteiger partial charge is 0.330 e. The van der Waals surface area contributed by atoms with Crippen molar-refractivity contribution >= 4 is 5.78 Å². The minimum atomic E-state index is -0.0300. The molecule has 1 unspecified atom stereocenters. The summed E-state index contributed by atoms with van der Waals surface area (Å²) in [6, 6.07) is 0. The quantitative estimate of drug-likeness (QED) is 0.778. The van der Waals surface area contributed by atoms with Crippen LogP contribution < -0.4 is 5.73 Å². The third kappa shape index (κ3) is 2.73. The lowest BCUT2D eigenvalue weighted by molar-refractivity contribution is -0.116. The number of nitrogens with two attached hydrogens (primary N) is 1. The molecule has 0 saturated carbocycles. The van der Waals surface area contributed by atoms with Crippen molar-refractivity contribution in [2.45, 2.75) is 53.4 Å². The zero-order valence-electron chi connectivity index (χ0n) is 11.1. The lowest BCUT2D eigenvalue weighted by Gasteiger charge is -2.36. The molecule has 0 fully saturated rings. The average molecular weight is 223 g/mol. The first kappa shape index (κ1) is 13.4. The number of ketones is 1. The normalized spacial score (nSPS) is 20.8. The van der Waals surface area contributed by atoms with Gasteiger partial charge in [0.15, 0.2) is 5.78 Å². The van der Waals surface area contributed by atoms with Crippen molar-refractivity contribution in [2.75, 3.05) is 6.54 Å². The lowest BCUT2D eigenvalue weighted by Crippen LogP contribution is -2.34. The van der Waals surface area contributed by atoms with Gasteiger partial charge in [0.2, 0.25) is 0 Å².